The highest BCUT2D eigenvalue weighted by Crippen LogP contribution is 2.33. The minimum absolute atomic E-state index is 0.127. The number of rotatable bonds is 5. The van der Waals surface area contributed by atoms with Crippen LogP contribution in [0.5, 0.6) is 10.9 Å². The Labute approximate surface area is 126 Å². The molecule has 1 aromatic carbocycles. The normalized spacial score (nSPS) is 13.6. The number of thiazole rings is 1. The summed E-state index contributed by atoms with van der Waals surface area (Å²) in [5.74, 6) is 0.731. The molecule has 112 valence electrons. The highest BCUT2D eigenvalue weighted by atomic mass is 32.2. The van der Waals surface area contributed by atoms with Gasteiger partial charge in [0.15, 0.2) is 4.21 Å². The van der Waals surface area contributed by atoms with Crippen LogP contribution >= 0.6 is 11.3 Å². The summed E-state index contributed by atoms with van der Waals surface area (Å²) < 4.78 is 38.1. The van der Waals surface area contributed by atoms with Gasteiger partial charge in [-0.25, -0.2) is 13.4 Å². The predicted molar refractivity (Wildman–Crippen MR) is 79.7 cm³/mol. The fourth-order valence-corrected chi connectivity index (χ4v) is 4.18. The zero-order valence-corrected chi connectivity index (χ0v) is 13.0. The number of anilines is 1. The van der Waals surface area contributed by atoms with Crippen LogP contribution in [-0.4, -0.2) is 26.6 Å². The van der Waals surface area contributed by atoms with Gasteiger partial charge in [-0.1, -0.05) is 17.4 Å². The van der Waals surface area contributed by atoms with Crippen LogP contribution in [0.4, 0.5) is 5.69 Å². The van der Waals surface area contributed by atoms with Crippen LogP contribution in [-0.2, 0) is 16.4 Å². The summed E-state index contributed by atoms with van der Waals surface area (Å²) >= 11 is 1.00. The minimum atomic E-state index is -3.66. The van der Waals surface area contributed by atoms with Crippen molar-refractivity contribution >= 4 is 27.0 Å². The van der Waals surface area contributed by atoms with E-state index in [1.165, 1.54) is 6.20 Å². The fourth-order valence-electron chi connectivity index (χ4n) is 2.07. The summed E-state index contributed by atoms with van der Waals surface area (Å²) in [6.45, 7) is 2.84. The second-order valence-corrected chi connectivity index (χ2v) is 7.27. The molecule has 8 heteroatoms. The number of sulfonamides is 1. The van der Waals surface area contributed by atoms with E-state index in [1.807, 2.05) is 13.0 Å². The van der Waals surface area contributed by atoms with Crippen molar-refractivity contribution in [3.63, 3.8) is 0 Å². The molecule has 2 aromatic rings. The maximum absolute atomic E-state index is 12.4. The average molecular weight is 326 g/mol. The zero-order valence-electron chi connectivity index (χ0n) is 11.3. The van der Waals surface area contributed by atoms with Crippen molar-refractivity contribution in [3.8, 4) is 10.9 Å². The molecule has 0 unspecified atom stereocenters. The molecule has 2 heterocycles. The van der Waals surface area contributed by atoms with Crippen molar-refractivity contribution in [2.45, 2.75) is 17.6 Å². The number of hydrogen-bond acceptors (Lipinski definition) is 6. The smallest absolute Gasteiger partial charge is 0.274 e. The first-order valence-electron chi connectivity index (χ1n) is 6.46. The molecule has 1 aliphatic rings. The lowest BCUT2D eigenvalue weighted by atomic mass is 10.1. The van der Waals surface area contributed by atoms with Crippen LogP contribution in [0.2, 0.25) is 0 Å². The molecule has 0 aliphatic carbocycles. The molecule has 3 rings (SSSR count). The number of aromatic nitrogens is 1. The molecule has 0 bridgehead atoms. The lowest BCUT2D eigenvalue weighted by Crippen LogP contribution is -2.12. The molecule has 0 saturated carbocycles. The Bertz CT molecular complexity index is 755. The molecular formula is C13H14N2O4S2. The molecular weight excluding hydrogens is 312 g/mol. The average Bonchev–Trinajstić information content (AvgIpc) is 3.08. The van der Waals surface area contributed by atoms with Gasteiger partial charge in [-0.2, -0.15) is 0 Å². The molecule has 0 fully saturated rings. The van der Waals surface area contributed by atoms with Crippen molar-refractivity contribution in [1.82, 2.24) is 4.98 Å². The van der Waals surface area contributed by atoms with Crippen LogP contribution in [0.15, 0.2) is 28.6 Å². The van der Waals surface area contributed by atoms with Crippen LogP contribution in [0, 0.1) is 0 Å². The third-order valence-electron chi connectivity index (χ3n) is 2.98. The lowest BCUT2D eigenvalue weighted by molar-refractivity contribution is 0.338. The second kappa shape index (κ2) is 5.53. The quantitative estimate of drug-likeness (QED) is 0.912. The number of benzene rings is 1. The predicted octanol–water partition coefficient (Wildman–Crippen LogP) is 2.28. The Kier molecular flexibility index (Phi) is 3.73. The number of nitrogens with one attached hydrogen (secondary N) is 1. The van der Waals surface area contributed by atoms with Gasteiger partial charge in [-0.15, -0.1) is 0 Å². The number of fused-ring (bicyclic) bond motifs is 1. The van der Waals surface area contributed by atoms with E-state index in [4.69, 9.17) is 9.47 Å². The lowest BCUT2D eigenvalue weighted by Gasteiger charge is -2.09. The molecule has 1 aliphatic heterocycles. The minimum Gasteiger partial charge on any atom is -0.493 e. The summed E-state index contributed by atoms with van der Waals surface area (Å²) in [5.41, 5.74) is 1.44. The summed E-state index contributed by atoms with van der Waals surface area (Å²) in [6, 6.07) is 5.33. The Morgan fingerprint density at radius 2 is 2.33 bits per heavy atom. The first-order chi connectivity index (χ1) is 10.1. The van der Waals surface area contributed by atoms with E-state index >= 15 is 0 Å². The first kappa shape index (κ1) is 14.2. The van der Waals surface area contributed by atoms with E-state index in [1.54, 1.807) is 12.1 Å². The molecule has 0 spiro atoms. The molecule has 21 heavy (non-hydrogen) atoms. The Morgan fingerprint density at radius 3 is 3.14 bits per heavy atom. The van der Waals surface area contributed by atoms with Crippen LogP contribution < -0.4 is 14.2 Å². The van der Waals surface area contributed by atoms with Gasteiger partial charge in [-0.3, -0.25) is 4.72 Å². The van der Waals surface area contributed by atoms with Crippen LogP contribution in [0.3, 0.4) is 0 Å². The third kappa shape index (κ3) is 2.81. The van der Waals surface area contributed by atoms with Gasteiger partial charge in [0.2, 0.25) is 0 Å². The Balaban J connectivity index is 1.88. The maximum Gasteiger partial charge on any atom is 0.274 e. The molecule has 0 amide bonds. The fraction of sp³-hybridized carbons (Fsp3) is 0.308. The largest absolute Gasteiger partial charge is 0.493 e. The maximum atomic E-state index is 12.4. The van der Waals surface area contributed by atoms with Gasteiger partial charge < -0.3 is 9.47 Å². The van der Waals surface area contributed by atoms with E-state index < -0.39 is 10.0 Å². The monoisotopic (exact) mass is 326 g/mol. The SMILES string of the molecule is CCOc1ncc(S(=O)(=O)Nc2cccc3c2CCO3)s1. The number of hydrogen-bond donors (Lipinski definition) is 1. The highest BCUT2D eigenvalue weighted by Gasteiger charge is 2.22. The zero-order chi connectivity index (χ0) is 14.9. The van der Waals surface area contributed by atoms with Crippen molar-refractivity contribution in [2.75, 3.05) is 17.9 Å². The first-order valence-corrected chi connectivity index (χ1v) is 8.76. The molecule has 1 N–H and O–H groups in total. The Hall–Kier alpha value is -1.80. The highest BCUT2D eigenvalue weighted by molar-refractivity contribution is 7.94. The van der Waals surface area contributed by atoms with E-state index in [0.29, 0.717) is 30.5 Å². The molecule has 6 nitrogen and oxygen atoms in total. The van der Waals surface area contributed by atoms with E-state index in [-0.39, 0.29) is 4.21 Å². The number of ether oxygens (including phenoxy) is 2. The van der Waals surface area contributed by atoms with Crippen molar-refractivity contribution in [3.05, 3.63) is 30.0 Å². The summed E-state index contributed by atoms with van der Waals surface area (Å²) in [6.07, 6.45) is 2.00. The van der Waals surface area contributed by atoms with E-state index in [2.05, 4.69) is 9.71 Å². The van der Waals surface area contributed by atoms with E-state index in [9.17, 15) is 8.42 Å². The van der Waals surface area contributed by atoms with Gasteiger partial charge in [0.05, 0.1) is 25.1 Å². The molecule has 0 saturated heterocycles. The third-order valence-corrected chi connectivity index (χ3v) is 5.72. The topological polar surface area (TPSA) is 77.5 Å². The summed E-state index contributed by atoms with van der Waals surface area (Å²) in [4.78, 5) is 3.94. The van der Waals surface area contributed by atoms with Gasteiger partial charge in [0.25, 0.3) is 15.2 Å². The van der Waals surface area contributed by atoms with Crippen molar-refractivity contribution in [2.24, 2.45) is 0 Å². The van der Waals surface area contributed by atoms with E-state index in [0.717, 1.165) is 22.6 Å². The summed E-state index contributed by atoms with van der Waals surface area (Å²) in [7, 11) is -3.66. The molecule has 0 radical (unpaired) electrons. The van der Waals surface area contributed by atoms with Gasteiger partial charge >= 0.3 is 0 Å². The molecule has 0 atom stereocenters. The molecule has 1 aromatic heterocycles. The van der Waals surface area contributed by atoms with Gasteiger partial charge in [-0.05, 0) is 19.1 Å². The van der Waals surface area contributed by atoms with Gasteiger partial charge in [0, 0.05) is 12.0 Å². The van der Waals surface area contributed by atoms with Gasteiger partial charge in [0.1, 0.15) is 5.75 Å². The van der Waals surface area contributed by atoms with Crippen molar-refractivity contribution in [1.29, 1.82) is 0 Å². The van der Waals surface area contributed by atoms with Crippen LogP contribution in [0.1, 0.15) is 12.5 Å². The van der Waals surface area contributed by atoms with Crippen molar-refractivity contribution < 1.29 is 17.9 Å². The standard InChI is InChI=1S/C13H14N2O4S2/c1-2-18-13-14-8-12(20-13)21(16,17)15-10-4-3-5-11-9(10)6-7-19-11/h3-5,8,15H,2,6-7H2,1H3. The van der Waals surface area contributed by atoms with Crippen LogP contribution in [0.25, 0.3) is 0 Å². The number of nitrogens with zero attached hydrogens (tertiary/aromatic N) is 1. The second-order valence-electron chi connectivity index (χ2n) is 4.36. The Morgan fingerprint density at radius 1 is 1.48 bits per heavy atom. The summed E-state index contributed by atoms with van der Waals surface area (Å²) in [5, 5.41) is 0.347.